The minimum atomic E-state index is -0.187. The molecule has 0 saturated carbocycles. The van der Waals surface area contributed by atoms with E-state index >= 15 is 0 Å². The molecule has 0 fully saturated rings. The minimum Gasteiger partial charge on any atom is -0.350 e. The standard InChI is InChI=1S/C27H26ClN3O2S/c1-16(2)29-25(32)20-7-10-23-24(14-20)30-27(34-15-19-5-8-21(28)9-6-19)31(26(23)33)22-12-17(3)11-18(4)13-22/h5-14,16H,15H2,1-4H3,(H,29,32). The monoisotopic (exact) mass is 491 g/mol. The van der Waals surface area contributed by atoms with E-state index in [4.69, 9.17) is 16.6 Å². The molecule has 4 rings (SSSR count). The van der Waals surface area contributed by atoms with Crippen LogP contribution in [-0.2, 0) is 5.75 Å². The van der Waals surface area contributed by atoms with Crippen molar-refractivity contribution < 1.29 is 4.79 Å². The summed E-state index contributed by atoms with van der Waals surface area (Å²) in [5, 5.41) is 4.60. The number of fused-ring (bicyclic) bond motifs is 1. The Bertz CT molecular complexity index is 1410. The molecule has 0 atom stereocenters. The lowest BCUT2D eigenvalue weighted by atomic mass is 10.1. The van der Waals surface area contributed by atoms with E-state index in [0.717, 1.165) is 22.4 Å². The maximum Gasteiger partial charge on any atom is 0.266 e. The molecule has 0 aliphatic carbocycles. The molecule has 1 aromatic heterocycles. The van der Waals surface area contributed by atoms with E-state index in [1.165, 1.54) is 11.8 Å². The molecule has 0 spiro atoms. The first-order valence-electron chi connectivity index (χ1n) is 11.0. The molecule has 1 amide bonds. The lowest BCUT2D eigenvalue weighted by Gasteiger charge is -2.15. The molecule has 0 bridgehead atoms. The van der Waals surface area contributed by atoms with Crippen molar-refractivity contribution in [1.82, 2.24) is 14.9 Å². The number of nitrogens with one attached hydrogen (secondary N) is 1. The van der Waals surface area contributed by atoms with E-state index in [2.05, 4.69) is 11.4 Å². The molecule has 4 aromatic rings. The summed E-state index contributed by atoms with van der Waals surface area (Å²) in [7, 11) is 0. The van der Waals surface area contributed by atoms with Crippen LogP contribution < -0.4 is 10.9 Å². The molecular weight excluding hydrogens is 466 g/mol. The van der Waals surface area contributed by atoms with Crippen molar-refractivity contribution in [3.05, 3.63) is 98.3 Å². The number of thioether (sulfide) groups is 1. The topological polar surface area (TPSA) is 64.0 Å². The number of hydrogen-bond donors (Lipinski definition) is 1. The molecule has 1 N–H and O–H groups in total. The Hall–Kier alpha value is -3.09. The van der Waals surface area contributed by atoms with Gasteiger partial charge in [-0.05, 0) is 86.8 Å². The summed E-state index contributed by atoms with van der Waals surface area (Å²) in [4.78, 5) is 31.1. The molecule has 0 radical (unpaired) electrons. The summed E-state index contributed by atoms with van der Waals surface area (Å²) in [5.41, 5.74) is 4.79. The van der Waals surface area contributed by atoms with Crippen molar-refractivity contribution >= 4 is 40.2 Å². The Kier molecular flexibility index (Phi) is 7.10. The zero-order valence-electron chi connectivity index (χ0n) is 19.6. The Labute approximate surface area is 208 Å². The maximum absolute atomic E-state index is 13.7. The molecule has 0 unspecified atom stereocenters. The summed E-state index contributed by atoms with van der Waals surface area (Å²) in [6.07, 6.45) is 0. The van der Waals surface area contributed by atoms with E-state index in [9.17, 15) is 9.59 Å². The number of benzene rings is 3. The van der Waals surface area contributed by atoms with Crippen molar-refractivity contribution in [2.75, 3.05) is 0 Å². The van der Waals surface area contributed by atoms with Crippen LogP contribution in [0, 0.1) is 13.8 Å². The predicted octanol–water partition coefficient (Wildman–Crippen LogP) is 6.09. The zero-order chi connectivity index (χ0) is 24.4. The Morgan fingerprint density at radius 1 is 1.03 bits per heavy atom. The molecule has 0 aliphatic heterocycles. The van der Waals surface area contributed by atoms with Gasteiger partial charge in [-0.15, -0.1) is 0 Å². The summed E-state index contributed by atoms with van der Waals surface area (Å²) in [6.45, 7) is 7.84. The van der Waals surface area contributed by atoms with Gasteiger partial charge in [0, 0.05) is 22.4 Å². The number of nitrogens with zero attached hydrogens (tertiary/aromatic N) is 2. The molecule has 0 aliphatic rings. The van der Waals surface area contributed by atoms with Gasteiger partial charge < -0.3 is 5.32 Å². The number of carbonyl (C=O) groups is 1. The fourth-order valence-corrected chi connectivity index (χ4v) is 4.88. The van der Waals surface area contributed by atoms with Gasteiger partial charge in [0.1, 0.15) is 0 Å². The van der Waals surface area contributed by atoms with E-state index in [1.807, 2.05) is 64.1 Å². The Morgan fingerprint density at radius 3 is 2.35 bits per heavy atom. The Balaban J connectivity index is 1.85. The van der Waals surface area contributed by atoms with Crippen LogP contribution in [0.1, 0.15) is 40.9 Å². The fraction of sp³-hybridized carbons (Fsp3) is 0.222. The summed E-state index contributed by atoms with van der Waals surface area (Å²) < 4.78 is 1.66. The molecular formula is C27H26ClN3O2S. The average molecular weight is 492 g/mol. The third-order valence-electron chi connectivity index (χ3n) is 5.27. The number of amides is 1. The lowest BCUT2D eigenvalue weighted by molar-refractivity contribution is 0.0943. The molecule has 1 heterocycles. The SMILES string of the molecule is Cc1cc(C)cc(-n2c(SCc3ccc(Cl)cc3)nc3cc(C(=O)NC(C)C)ccc3c2=O)c1. The van der Waals surface area contributed by atoms with Crippen LogP contribution >= 0.6 is 23.4 Å². The third kappa shape index (κ3) is 5.34. The second kappa shape index (κ2) is 10.0. The van der Waals surface area contributed by atoms with Crippen LogP contribution in [0.15, 0.2) is 70.6 Å². The maximum atomic E-state index is 13.7. The Morgan fingerprint density at radius 2 is 1.71 bits per heavy atom. The molecule has 174 valence electrons. The quantitative estimate of drug-likeness (QED) is 0.262. The highest BCUT2D eigenvalue weighted by Gasteiger charge is 2.16. The molecule has 5 nitrogen and oxygen atoms in total. The van der Waals surface area contributed by atoms with Crippen molar-refractivity contribution in [2.24, 2.45) is 0 Å². The van der Waals surface area contributed by atoms with Gasteiger partial charge in [0.2, 0.25) is 0 Å². The van der Waals surface area contributed by atoms with Crippen LogP contribution in [0.5, 0.6) is 0 Å². The number of rotatable bonds is 6. The molecule has 3 aromatic carbocycles. The molecule has 34 heavy (non-hydrogen) atoms. The second-order valence-corrected chi connectivity index (χ2v) is 10.0. The smallest absolute Gasteiger partial charge is 0.266 e. The summed E-state index contributed by atoms with van der Waals surface area (Å²) >= 11 is 7.50. The first-order chi connectivity index (χ1) is 16.2. The minimum absolute atomic E-state index is 0.0132. The van der Waals surface area contributed by atoms with Crippen molar-refractivity contribution in [3.63, 3.8) is 0 Å². The van der Waals surface area contributed by atoms with Gasteiger partial charge in [0.05, 0.1) is 16.6 Å². The van der Waals surface area contributed by atoms with Gasteiger partial charge in [0.15, 0.2) is 5.16 Å². The molecule has 7 heteroatoms. The van der Waals surface area contributed by atoms with E-state index in [-0.39, 0.29) is 17.5 Å². The summed E-state index contributed by atoms with van der Waals surface area (Å²) in [6, 6.07) is 18.7. The third-order valence-corrected chi connectivity index (χ3v) is 6.53. The van der Waals surface area contributed by atoms with Crippen LogP contribution in [-0.4, -0.2) is 21.5 Å². The average Bonchev–Trinajstić information content (AvgIpc) is 2.77. The normalized spacial score (nSPS) is 11.2. The van der Waals surface area contributed by atoms with Crippen molar-refractivity contribution in [3.8, 4) is 5.69 Å². The van der Waals surface area contributed by atoms with Gasteiger partial charge in [-0.2, -0.15) is 0 Å². The zero-order valence-corrected chi connectivity index (χ0v) is 21.1. The summed E-state index contributed by atoms with van der Waals surface area (Å²) in [5.74, 6) is 0.431. The first kappa shape index (κ1) is 24.0. The number of aryl methyl sites for hydroxylation is 2. The predicted molar refractivity (Wildman–Crippen MR) is 140 cm³/mol. The largest absolute Gasteiger partial charge is 0.350 e. The number of hydrogen-bond acceptors (Lipinski definition) is 4. The fourth-order valence-electron chi connectivity index (χ4n) is 3.78. The highest BCUT2D eigenvalue weighted by molar-refractivity contribution is 7.98. The number of carbonyl (C=O) groups excluding carboxylic acids is 1. The van der Waals surface area contributed by atoms with Crippen LogP contribution in [0.4, 0.5) is 0 Å². The first-order valence-corrected chi connectivity index (χ1v) is 12.4. The van der Waals surface area contributed by atoms with Gasteiger partial charge in [-0.25, -0.2) is 4.98 Å². The van der Waals surface area contributed by atoms with Crippen LogP contribution in [0.3, 0.4) is 0 Å². The van der Waals surface area contributed by atoms with Gasteiger partial charge in [0.25, 0.3) is 11.5 Å². The van der Waals surface area contributed by atoms with E-state index in [1.54, 1.807) is 22.8 Å². The highest BCUT2D eigenvalue weighted by atomic mass is 35.5. The van der Waals surface area contributed by atoms with Gasteiger partial charge in [-0.3, -0.25) is 14.2 Å². The van der Waals surface area contributed by atoms with Crippen LogP contribution in [0.25, 0.3) is 16.6 Å². The molecule has 0 saturated heterocycles. The van der Waals surface area contributed by atoms with Gasteiger partial charge >= 0.3 is 0 Å². The van der Waals surface area contributed by atoms with Crippen LogP contribution in [0.2, 0.25) is 5.02 Å². The van der Waals surface area contributed by atoms with E-state index < -0.39 is 0 Å². The van der Waals surface area contributed by atoms with Crippen molar-refractivity contribution in [2.45, 2.75) is 44.6 Å². The number of halogens is 1. The van der Waals surface area contributed by atoms with Crippen molar-refractivity contribution in [1.29, 1.82) is 0 Å². The number of aromatic nitrogens is 2. The highest BCUT2D eigenvalue weighted by Crippen LogP contribution is 2.26. The second-order valence-electron chi connectivity index (χ2n) is 8.66. The van der Waals surface area contributed by atoms with E-state index in [0.29, 0.717) is 32.4 Å². The van der Waals surface area contributed by atoms with Gasteiger partial charge in [-0.1, -0.05) is 41.6 Å². The lowest BCUT2D eigenvalue weighted by Crippen LogP contribution is -2.30.